The lowest BCUT2D eigenvalue weighted by Crippen LogP contribution is -2.48. The molecular formula is C11H19F3N2O3. The highest BCUT2D eigenvalue weighted by Gasteiger charge is 2.33. The molecule has 19 heavy (non-hydrogen) atoms. The number of halogens is 3. The van der Waals surface area contributed by atoms with Crippen LogP contribution in [0, 0.1) is 0 Å². The molecule has 5 nitrogen and oxygen atoms in total. The molecule has 8 heteroatoms. The van der Waals surface area contributed by atoms with Crippen molar-refractivity contribution >= 4 is 12.0 Å². The first-order chi connectivity index (χ1) is 8.69. The van der Waals surface area contributed by atoms with E-state index in [0.29, 0.717) is 17.7 Å². The van der Waals surface area contributed by atoms with Crippen LogP contribution in [-0.2, 0) is 4.79 Å². The van der Waals surface area contributed by atoms with Crippen molar-refractivity contribution in [1.82, 2.24) is 10.2 Å². The van der Waals surface area contributed by atoms with Crippen LogP contribution in [0.15, 0.2) is 0 Å². The predicted octanol–water partition coefficient (Wildman–Crippen LogP) is 2.22. The molecule has 0 aromatic carbocycles. The van der Waals surface area contributed by atoms with E-state index in [-0.39, 0.29) is 13.0 Å². The summed E-state index contributed by atoms with van der Waals surface area (Å²) in [7, 11) is 0. The Bertz CT molecular complexity index is 308. The summed E-state index contributed by atoms with van der Waals surface area (Å²) < 4.78 is 36.9. The summed E-state index contributed by atoms with van der Waals surface area (Å²) in [6.07, 6.45) is -4.06. The average molecular weight is 284 g/mol. The summed E-state index contributed by atoms with van der Waals surface area (Å²) >= 11 is 0. The second kappa shape index (κ2) is 7.85. The second-order valence-electron chi connectivity index (χ2n) is 4.19. The van der Waals surface area contributed by atoms with Gasteiger partial charge >= 0.3 is 18.2 Å². The second-order valence-corrected chi connectivity index (χ2v) is 4.19. The fourth-order valence-corrected chi connectivity index (χ4v) is 1.51. The maximum Gasteiger partial charge on any atom is 0.406 e. The lowest BCUT2D eigenvalue weighted by atomic mass is 10.1. The number of aliphatic carboxylic acids is 1. The van der Waals surface area contributed by atoms with Crippen molar-refractivity contribution in [3.8, 4) is 0 Å². The number of nitrogens with zero attached hydrogens (tertiary/aromatic N) is 1. The zero-order valence-corrected chi connectivity index (χ0v) is 11.0. The Balaban J connectivity index is 4.57. The van der Waals surface area contributed by atoms with Gasteiger partial charge in [0.2, 0.25) is 0 Å². The monoisotopic (exact) mass is 284 g/mol. The van der Waals surface area contributed by atoms with Gasteiger partial charge in [-0.1, -0.05) is 13.8 Å². The fraction of sp³-hybridized carbons (Fsp3) is 0.818. The number of carboxylic acid groups (broad SMARTS) is 1. The van der Waals surface area contributed by atoms with Crippen LogP contribution in [0.1, 0.15) is 33.1 Å². The van der Waals surface area contributed by atoms with Crippen molar-refractivity contribution < 1.29 is 27.9 Å². The van der Waals surface area contributed by atoms with Crippen molar-refractivity contribution in [2.75, 3.05) is 13.1 Å². The molecule has 0 aliphatic heterocycles. The topological polar surface area (TPSA) is 69.6 Å². The molecule has 1 atom stereocenters. The average Bonchev–Trinajstić information content (AvgIpc) is 2.25. The van der Waals surface area contributed by atoms with E-state index in [1.54, 1.807) is 13.8 Å². The van der Waals surface area contributed by atoms with E-state index in [9.17, 15) is 22.8 Å². The smallest absolute Gasteiger partial charge is 0.406 e. The van der Waals surface area contributed by atoms with Gasteiger partial charge in [-0.2, -0.15) is 13.2 Å². The van der Waals surface area contributed by atoms with Crippen LogP contribution in [0.25, 0.3) is 0 Å². The molecule has 0 rings (SSSR count). The molecule has 0 aliphatic rings. The van der Waals surface area contributed by atoms with E-state index < -0.39 is 30.8 Å². The third-order valence-electron chi connectivity index (χ3n) is 2.39. The lowest BCUT2D eigenvalue weighted by molar-refractivity contribution is -0.141. The van der Waals surface area contributed by atoms with Crippen LogP contribution in [0.2, 0.25) is 0 Å². The number of amides is 2. The Morgan fingerprint density at radius 1 is 1.32 bits per heavy atom. The SMILES string of the molecule is CCCN(CC(F)(F)F)C(=O)NC(CC)CC(=O)O. The van der Waals surface area contributed by atoms with Crippen LogP contribution >= 0.6 is 0 Å². The van der Waals surface area contributed by atoms with Crippen LogP contribution in [0.3, 0.4) is 0 Å². The number of rotatable bonds is 7. The molecule has 0 saturated heterocycles. The number of hydrogen-bond acceptors (Lipinski definition) is 2. The van der Waals surface area contributed by atoms with Gasteiger partial charge in [-0.25, -0.2) is 4.79 Å². The summed E-state index contributed by atoms with van der Waals surface area (Å²) in [5, 5.41) is 10.9. The van der Waals surface area contributed by atoms with Gasteiger partial charge in [0, 0.05) is 12.6 Å². The van der Waals surface area contributed by atoms with Crippen molar-refractivity contribution in [2.45, 2.75) is 45.3 Å². The fourth-order valence-electron chi connectivity index (χ4n) is 1.51. The highest BCUT2D eigenvalue weighted by atomic mass is 19.4. The number of carbonyl (C=O) groups is 2. The first kappa shape index (κ1) is 17.5. The number of urea groups is 1. The van der Waals surface area contributed by atoms with E-state index in [4.69, 9.17) is 5.11 Å². The van der Waals surface area contributed by atoms with Crippen molar-refractivity contribution in [3.63, 3.8) is 0 Å². The number of carboxylic acids is 1. The number of hydrogen-bond donors (Lipinski definition) is 2. The van der Waals surface area contributed by atoms with Gasteiger partial charge in [0.1, 0.15) is 6.54 Å². The van der Waals surface area contributed by atoms with Crippen molar-refractivity contribution in [2.24, 2.45) is 0 Å². The van der Waals surface area contributed by atoms with Crippen LogP contribution < -0.4 is 5.32 Å². The minimum atomic E-state index is -4.47. The molecule has 0 aromatic rings. The predicted molar refractivity (Wildman–Crippen MR) is 62.8 cm³/mol. The number of alkyl halides is 3. The third kappa shape index (κ3) is 8.28. The molecule has 0 aromatic heterocycles. The van der Waals surface area contributed by atoms with Crippen LogP contribution in [0.5, 0.6) is 0 Å². The Morgan fingerprint density at radius 2 is 1.89 bits per heavy atom. The lowest BCUT2D eigenvalue weighted by Gasteiger charge is -2.26. The van der Waals surface area contributed by atoms with Gasteiger partial charge in [-0.05, 0) is 12.8 Å². The Morgan fingerprint density at radius 3 is 2.26 bits per heavy atom. The maximum atomic E-state index is 12.3. The molecule has 2 N–H and O–H groups in total. The first-order valence-electron chi connectivity index (χ1n) is 6.03. The maximum absolute atomic E-state index is 12.3. The molecule has 1 unspecified atom stereocenters. The molecule has 2 amide bonds. The Hall–Kier alpha value is -1.47. The number of carbonyl (C=O) groups excluding carboxylic acids is 1. The highest BCUT2D eigenvalue weighted by molar-refractivity contribution is 5.76. The zero-order chi connectivity index (χ0) is 15.1. The summed E-state index contributed by atoms with van der Waals surface area (Å²) in [4.78, 5) is 22.9. The van der Waals surface area contributed by atoms with E-state index in [2.05, 4.69) is 5.32 Å². The Kier molecular flexibility index (Phi) is 7.25. The van der Waals surface area contributed by atoms with E-state index in [1.165, 1.54) is 0 Å². The van der Waals surface area contributed by atoms with Gasteiger partial charge in [-0.3, -0.25) is 4.79 Å². The minimum Gasteiger partial charge on any atom is -0.481 e. The van der Waals surface area contributed by atoms with Crippen molar-refractivity contribution in [3.05, 3.63) is 0 Å². The molecule has 0 saturated carbocycles. The van der Waals surface area contributed by atoms with E-state index >= 15 is 0 Å². The summed E-state index contributed by atoms with van der Waals surface area (Å²) in [6, 6.07) is -1.55. The largest absolute Gasteiger partial charge is 0.481 e. The molecule has 112 valence electrons. The minimum absolute atomic E-state index is 0.0329. The standard InChI is InChI=1S/C11H19F3N2O3/c1-3-5-16(7-11(12,13)14)10(19)15-8(4-2)6-9(17)18/h8H,3-7H2,1-2H3,(H,15,19)(H,17,18). The van der Waals surface area contributed by atoms with Crippen LogP contribution in [-0.4, -0.2) is 47.3 Å². The summed E-state index contributed by atoms with van der Waals surface area (Å²) in [5.74, 6) is -1.11. The molecule has 0 bridgehead atoms. The van der Waals surface area contributed by atoms with Gasteiger partial charge in [0.05, 0.1) is 6.42 Å². The first-order valence-corrected chi connectivity index (χ1v) is 6.03. The molecule has 0 radical (unpaired) electrons. The molecule has 0 heterocycles. The highest BCUT2D eigenvalue weighted by Crippen LogP contribution is 2.17. The Labute approximate surface area is 109 Å². The summed E-state index contributed by atoms with van der Waals surface area (Å²) in [6.45, 7) is 1.94. The third-order valence-corrected chi connectivity index (χ3v) is 2.39. The molecule has 0 aliphatic carbocycles. The van der Waals surface area contributed by atoms with Crippen molar-refractivity contribution in [1.29, 1.82) is 0 Å². The quantitative estimate of drug-likeness (QED) is 0.753. The molecular weight excluding hydrogens is 265 g/mol. The van der Waals surface area contributed by atoms with Gasteiger partial charge in [0.25, 0.3) is 0 Å². The molecule has 0 spiro atoms. The van der Waals surface area contributed by atoms with E-state index in [1.807, 2.05) is 0 Å². The van der Waals surface area contributed by atoms with Gasteiger partial charge in [0.15, 0.2) is 0 Å². The van der Waals surface area contributed by atoms with Crippen LogP contribution in [0.4, 0.5) is 18.0 Å². The number of nitrogens with one attached hydrogen (secondary N) is 1. The normalized spacial score (nSPS) is 12.9. The van der Waals surface area contributed by atoms with Gasteiger partial charge < -0.3 is 15.3 Å². The van der Waals surface area contributed by atoms with E-state index in [0.717, 1.165) is 0 Å². The molecule has 0 fully saturated rings. The summed E-state index contributed by atoms with van der Waals surface area (Å²) in [5.41, 5.74) is 0. The van der Waals surface area contributed by atoms with Gasteiger partial charge in [-0.15, -0.1) is 0 Å². The zero-order valence-electron chi connectivity index (χ0n) is 11.0.